The summed E-state index contributed by atoms with van der Waals surface area (Å²) < 4.78 is 11.9. The number of hydrogen-bond acceptors (Lipinski definition) is 3. The highest BCUT2D eigenvalue weighted by Crippen LogP contribution is 2.28. The van der Waals surface area contributed by atoms with E-state index < -0.39 is 0 Å². The van der Waals surface area contributed by atoms with E-state index in [4.69, 9.17) is 20.8 Å². The quantitative estimate of drug-likeness (QED) is 0.900. The molecule has 96 valence electrons. The van der Waals surface area contributed by atoms with Gasteiger partial charge in [0.2, 0.25) is 0 Å². The predicted octanol–water partition coefficient (Wildman–Crippen LogP) is 3.99. The van der Waals surface area contributed by atoms with Crippen molar-refractivity contribution < 1.29 is 9.15 Å². The van der Waals surface area contributed by atoms with Crippen LogP contribution in [-0.2, 0) is 13.2 Å². The van der Waals surface area contributed by atoms with Crippen molar-refractivity contribution in [3.05, 3.63) is 51.3 Å². The molecule has 1 N–H and O–H groups in total. The molecular weight excluding hydrogens is 318 g/mol. The Hall–Kier alpha value is -0.970. The molecule has 2 rings (SSSR count). The minimum absolute atomic E-state index is 0.366. The number of rotatable bonds is 5. The molecule has 0 spiro atoms. The van der Waals surface area contributed by atoms with Crippen LogP contribution in [-0.4, -0.2) is 7.05 Å². The van der Waals surface area contributed by atoms with Crippen molar-refractivity contribution in [2.24, 2.45) is 0 Å². The third-order valence-corrected chi connectivity index (χ3v) is 3.14. The first-order valence-electron chi connectivity index (χ1n) is 5.48. The maximum atomic E-state index is 6.06. The molecule has 0 saturated carbocycles. The van der Waals surface area contributed by atoms with Crippen molar-refractivity contribution >= 4 is 27.5 Å². The number of benzene rings is 1. The molecule has 0 radical (unpaired) electrons. The van der Waals surface area contributed by atoms with E-state index in [0.717, 1.165) is 22.3 Å². The zero-order valence-electron chi connectivity index (χ0n) is 9.87. The molecule has 0 aliphatic heterocycles. The monoisotopic (exact) mass is 329 g/mol. The molecule has 0 unspecified atom stereocenters. The van der Waals surface area contributed by atoms with E-state index in [9.17, 15) is 0 Å². The lowest BCUT2D eigenvalue weighted by molar-refractivity contribution is 0.270. The molecular formula is C13H13BrClNO2. The van der Waals surface area contributed by atoms with Crippen LogP contribution in [0, 0.1) is 0 Å². The predicted molar refractivity (Wildman–Crippen MR) is 75.0 cm³/mol. The summed E-state index contributed by atoms with van der Waals surface area (Å²) in [7, 11) is 1.89. The lowest BCUT2D eigenvalue weighted by atomic mass is 10.3. The Morgan fingerprint density at radius 2 is 2.22 bits per heavy atom. The Morgan fingerprint density at radius 3 is 2.94 bits per heavy atom. The second kappa shape index (κ2) is 6.27. The van der Waals surface area contributed by atoms with Gasteiger partial charge in [0.05, 0.1) is 11.3 Å². The van der Waals surface area contributed by atoms with Crippen LogP contribution in [0.5, 0.6) is 5.75 Å². The summed E-state index contributed by atoms with van der Waals surface area (Å²) in [5.41, 5.74) is 1.10. The Morgan fingerprint density at radius 1 is 1.39 bits per heavy atom. The van der Waals surface area contributed by atoms with Crippen molar-refractivity contribution in [1.29, 1.82) is 0 Å². The summed E-state index contributed by atoms with van der Waals surface area (Å²) in [6.07, 6.45) is 1.72. The molecule has 0 aliphatic rings. The molecule has 0 fully saturated rings. The maximum absolute atomic E-state index is 6.06. The Kier molecular flexibility index (Phi) is 4.69. The molecule has 0 atom stereocenters. The molecule has 5 heteroatoms. The van der Waals surface area contributed by atoms with Crippen molar-refractivity contribution in [2.45, 2.75) is 13.2 Å². The minimum Gasteiger partial charge on any atom is -0.484 e. The molecule has 0 aliphatic carbocycles. The van der Waals surface area contributed by atoms with Gasteiger partial charge in [-0.3, -0.25) is 0 Å². The summed E-state index contributed by atoms with van der Waals surface area (Å²) in [4.78, 5) is 0. The van der Waals surface area contributed by atoms with Crippen LogP contribution < -0.4 is 10.1 Å². The largest absolute Gasteiger partial charge is 0.484 e. The van der Waals surface area contributed by atoms with Gasteiger partial charge in [0, 0.05) is 16.6 Å². The normalized spacial score (nSPS) is 10.6. The molecule has 1 aromatic heterocycles. The van der Waals surface area contributed by atoms with Gasteiger partial charge in [0.1, 0.15) is 18.1 Å². The Bertz CT molecular complexity index is 527. The highest BCUT2D eigenvalue weighted by molar-refractivity contribution is 9.10. The standard InChI is InChI=1S/C13H13BrClNO2/c1-16-6-9-4-11(17-7-9)8-18-13-3-2-10(14)5-12(13)15/h2-5,7,16H,6,8H2,1H3. The fourth-order valence-electron chi connectivity index (χ4n) is 1.54. The summed E-state index contributed by atoms with van der Waals surface area (Å²) in [5, 5.41) is 3.63. The topological polar surface area (TPSA) is 34.4 Å². The van der Waals surface area contributed by atoms with Gasteiger partial charge in [-0.05, 0) is 31.3 Å². The second-order valence-electron chi connectivity index (χ2n) is 3.82. The van der Waals surface area contributed by atoms with Crippen LogP contribution in [0.3, 0.4) is 0 Å². The third-order valence-electron chi connectivity index (χ3n) is 2.35. The summed E-state index contributed by atoms with van der Waals surface area (Å²) in [6.45, 7) is 1.15. The molecule has 0 saturated heterocycles. The molecule has 1 aromatic carbocycles. The molecule has 2 aromatic rings. The minimum atomic E-state index is 0.366. The molecule has 1 heterocycles. The van der Waals surface area contributed by atoms with E-state index in [2.05, 4.69) is 21.2 Å². The van der Waals surface area contributed by atoms with Crippen LogP contribution >= 0.6 is 27.5 Å². The average Bonchev–Trinajstić information content (AvgIpc) is 2.76. The highest BCUT2D eigenvalue weighted by atomic mass is 79.9. The molecule has 3 nitrogen and oxygen atoms in total. The first kappa shape index (κ1) is 13.5. The smallest absolute Gasteiger partial charge is 0.146 e. The van der Waals surface area contributed by atoms with Crippen LogP contribution in [0.1, 0.15) is 11.3 Å². The number of halogens is 2. The number of ether oxygens (including phenoxy) is 1. The first-order valence-corrected chi connectivity index (χ1v) is 6.65. The van der Waals surface area contributed by atoms with Gasteiger partial charge in [0.15, 0.2) is 0 Å². The van der Waals surface area contributed by atoms with Crippen LogP contribution in [0.4, 0.5) is 0 Å². The average molecular weight is 331 g/mol. The van der Waals surface area contributed by atoms with Gasteiger partial charge in [-0.2, -0.15) is 0 Å². The fraction of sp³-hybridized carbons (Fsp3) is 0.231. The van der Waals surface area contributed by atoms with Crippen molar-refractivity contribution in [3.63, 3.8) is 0 Å². The van der Waals surface area contributed by atoms with E-state index in [1.807, 2.05) is 25.2 Å². The van der Waals surface area contributed by atoms with Gasteiger partial charge in [-0.25, -0.2) is 0 Å². The van der Waals surface area contributed by atoms with Crippen molar-refractivity contribution in [1.82, 2.24) is 5.32 Å². The van der Waals surface area contributed by atoms with E-state index in [-0.39, 0.29) is 0 Å². The van der Waals surface area contributed by atoms with Crippen molar-refractivity contribution in [2.75, 3.05) is 7.05 Å². The lowest BCUT2D eigenvalue weighted by Gasteiger charge is -2.06. The van der Waals surface area contributed by atoms with Crippen molar-refractivity contribution in [3.8, 4) is 5.75 Å². The van der Waals surface area contributed by atoms with E-state index >= 15 is 0 Å². The van der Waals surface area contributed by atoms with Crippen LogP contribution in [0.25, 0.3) is 0 Å². The zero-order valence-corrected chi connectivity index (χ0v) is 12.2. The van der Waals surface area contributed by atoms with Crippen LogP contribution in [0.15, 0.2) is 39.4 Å². The van der Waals surface area contributed by atoms with Gasteiger partial charge in [-0.15, -0.1) is 0 Å². The van der Waals surface area contributed by atoms with Gasteiger partial charge >= 0.3 is 0 Å². The summed E-state index contributed by atoms with van der Waals surface area (Å²) >= 11 is 9.40. The zero-order chi connectivity index (χ0) is 13.0. The Labute approximate surface area is 119 Å². The lowest BCUT2D eigenvalue weighted by Crippen LogP contribution is -2.03. The van der Waals surface area contributed by atoms with Crippen LogP contribution in [0.2, 0.25) is 5.02 Å². The highest BCUT2D eigenvalue weighted by Gasteiger charge is 2.05. The second-order valence-corrected chi connectivity index (χ2v) is 5.14. The summed E-state index contributed by atoms with van der Waals surface area (Å²) in [5.74, 6) is 1.42. The Balaban J connectivity index is 1.97. The molecule has 0 amide bonds. The third kappa shape index (κ3) is 3.51. The van der Waals surface area contributed by atoms with E-state index in [1.165, 1.54) is 0 Å². The van der Waals surface area contributed by atoms with E-state index in [1.54, 1.807) is 12.3 Å². The first-order chi connectivity index (χ1) is 8.69. The number of nitrogens with one attached hydrogen (secondary N) is 1. The SMILES string of the molecule is CNCc1coc(COc2ccc(Br)cc2Cl)c1. The number of furan rings is 1. The fourth-order valence-corrected chi connectivity index (χ4v) is 2.27. The van der Waals surface area contributed by atoms with E-state index in [0.29, 0.717) is 17.4 Å². The molecule has 0 bridgehead atoms. The summed E-state index contributed by atoms with van der Waals surface area (Å²) in [6, 6.07) is 7.47. The molecule has 18 heavy (non-hydrogen) atoms. The number of hydrogen-bond donors (Lipinski definition) is 1. The van der Waals surface area contributed by atoms with Gasteiger partial charge in [-0.1, -0.05) is 27.5 Å². The van der Waals surface area contributed by atoms with Gasteiger partial charge in [0.25, 0.3) is 0 Å². The van der Waals surface area contributed by atoms with Gasteiger partial charge < -0.3 is 14.5 Å². The maximum Gasteiger partial charge on any atom is 0.146 e.